The van der Waals surface area contributed by atoms with Gasteiger partial charge in [0.15, 0.2) is 0 Å². The van der Waals surface area contributed by atoms with Crippen LogP contribution in [0.25, 0.3) is 0 Å². The second-order valence-electron chi connectivity index (χ2n) is 2.20. The van der Waals surface area contributed by atoms with Crippen molar-refractivity contribution in [2.24, 2.45) is 0 Å². The molecule has 1 aromatic heterocycles. The summed E-state index contributed by atoms with van der Waals surface area (Å²) in [6, 6.07) is 3.47. The smallest absolute Gasteiger partial charge is 0.139 e. The van der Waals surface area contributed by atoms with Crippen molar-refractivity contribution < 1.29 is 14.3 Å². The summed E-state index contributed by atoms with van der Waals surface area (Å²) in [4.78, 5) is 0. The van der Waals surface area contributed by atoms with E-state index >= 15 is 0 Å². The van der Waals surface area contributed by atoms with Crippen LogP contribution in [-0.2, 0) is 4.74 Å². The van der Waals surface area contributed by atoms with Gasteiger partial charge in [0, 0.05) is 0 Å². The minimum Gasteiger partial charge on any atom is -0.466 e. The predicted molar refractivity (Wildman–Crippen MR) is 43.3 cm³/mol. The van der Waals surface area contributed by atoms with Crippen LogP contribution < -0.4 is 0 Å². The van der Waals surface area contributed by atoms with E-state index in [-0.39, 0.29) is 13.2 Å². The van der Waals surface area contributed by atoms with Gasteiger partial charge in [-0.3, -0.25) is 0 Å². The van der Waals surface area contributed by atoms with Crippen molar-refractivity contribution in [1.29, 1.82) is 0 Å². The van der Waals surface area contributed by atoms with Crippen molar-refractivity contribution in [2.45, 2.75) is 6.10 Å². The van der Waals surface area contributed by atoms with Crippen LogP contribution in [-0.4, -0.2) is 18.3 Å². The summed E-state index contributed by atoms with van der Waals surface area (Å²) in [7, 11) is 0. The van der Waals surface area contributed by atoms with Gasteiger partial charge >= 0.3 is 0 Å². The molecule has 64 valence electrons. The molecule has 0 spiro atoms. The molecule has 1 unspecified atom stereocenters. The largest absolute Gasteiger partial charge is 0.466 e. The fraction of sp³-hybridized carbons (Fsp3) is 0.333. The van der Waals surface area contributed by atoms with E-state index in [1.807, 2.05) is 0 Å². The third-order valence-corrected chi connectivity index (χ3v) is 1.39. The lowest BCUT2D eigenvalue weighted by Gasteiger charge is -2.09. The normalized spacial score (nSPS) is 12.3. The molecule has 3 nitrogen and oxygen atoms in total. The quantitative estimate of drug-likeness (QED) is 0.677. The highest BCUT2D eigenvalue weighted by Gasteiger charge is 2.12. The molecule has 0 radical (unpaired) electrons. The van der Waals surface area contributed by atoms with Gasteiger partial charge < -0.3 is 14.3 Å². The third-order valence-electron chi connectivity index (χ3n) is 1.39. The maximum absolute atomic E-state index is 8.87. The summed E-state index contributed by atoms with van der Waals surface area (Å²) in [5.74, 6) is 2.91. The van der Waals surface area contributed by atoms with Gasteiger partial charge in [-0.05, 0) is 12.1 Å². The Morgan fingerprint density at radius 3 is 3.08 bits per heavy atom. The van der Waals surface area contributed by atoms with Crippen molar-refractivity contribution >= 4 is 0 Å². The molecular weight excluding hydrogens is 156 g/mol. The highest BCUT2D eigenvalue weighted by Crippen LogP contribution is 2.16. The molecule has 0 saturated carbocycles. The number of hydrogen-bond acceptors (Lipinski definition) is 3. The van der Waals surface area contributed by atoms with Crippen molar-refractivity contribution in [3.63, 3.8) is 0 Å². The fourth-order valence-corrected chi connectivity index (χ4v) is 0.848. The highest BCUT2D eigenvalue weighted by molar-refractivity contribution is 5.02. The Labute approximate surface area is 71.0 Å². The Balaban J connectivity index is 2.52. The average molecular weight is 166 g/mol. The van der Waals surface area contributed by atoms with E-state index in [9.17, 15) is 0 Å². The first-order chi connectivity index (χ1) is 5.88. The topological polar surface area (TPSA) is 42.6 Å². The molecule has 0 aliphatic heterocycles. The molecule has 0 amide bonds. The Hall–Kier alpha value is -1.24. The van der Waals surface area contributed by atoms with Crippen LogP contribution in [0.5, 0.6) is 0 Å². The van der Waals surface area contributed by atoms with Crippen LogP contribution in [0.4, 0.5) is 0 Å². The number of hydrogen-bond donors (Lipinski definition) is 1. The van der Waals surface area contributed by atoms with Gasteiger partial charge in [-0.1, -0.05) is 5.92 Å². The van der Waals surface area contributed by atoms with Crippen LogP contribution in [0.1, 0.15) is 11.9 Å². The van der Waals surface area contributed by atoms with Crippen LogP contribution in [0.2, 0.25) is 0 Å². The summed E-state index contributed by atoms with van der Waals surface area (Å²) >= 11 is 0. The summed E-state index contributed by atoms with van der Waals surface area (Å²) < 4.78 is 10.1. The second kappa shape index (κ2) is 4.60. The number of terminal acetylenes is 1. The predicted octanol–water partition coefficient (Wildman–Crippen LogP) is 0.963. The first kappa shape index (κ1) is 8.85. The molecule has 1 heterocycles. The minimum absolute atomic E-state index is 0.130. The molecule has 3 heteroatoms. The third kappa shape index (κ3) is 2.12. The van der Waals surface area contributed by atoms with Crippen LogP contribution in [0.15, 0.2) is 22.8 Å². The SMILES string of the molecule is C#CCOC(CO)c1ccco1. The number of furan rings is 1. The summed E-state index contributed by atoms with van der Waals surface area (Å²) in [6.45, 7) is 0.0428. The van der Waals surface area contributed by atoms with Crippen molar-refractivity contribution in [2.75, 3.05) is 13.2 Å². The monoisotopic (exact) mass is 166 g/mol. The number of aliphatic hydroxyl groups is 1. The van der Waals surface area contributed by atoms with Crippen LogP contribution in [0.3, 0.4) is 0 Å². The van der Waals surface area contributed by atoms with Gasteiger partial charge in [0.2, 0.25) is 0 Å². The zero-order valence-corrected chi connectivity index (χ0v) is 6.56. The zero-order chi connectivity index (χ0) is 8.81. The van der Waals surface area contributed by atoms with E-state index in [4.69, 9.17) is 20.7 Å². The fourth-order valence-electron chi connectivity index (χ4n) is 0.848. The summed E-state index contributed by atoms with van der Waals surface area (Å²) in [5.41, 5.74) is 0. The second-order valence-corrected chi connectivity index (χ2v) is 2.20. The van der Waals surface area contributed by atoms with Crippen LogP contribution >= 0.6 is 0 Å². The number of ether oxygens (including phenoxy) is 1. The molecule has 1 rings (SSSR count). The lowest BCUT2D eigenvalue weighted by molar-refractivity contribution is 0.0163. The Bertz CT molecular complexity index is 245. The minimum atomic E-state index is -0.448. The maximum Gasteiger partial charge on any atom is 0.139 e. The van der Waals surface area contributed by atoms with E-state index in [0.717, 1.165) is 0 Å². The molecule has 0 aliphatic rings. The molecule has 0 aliphatic carbocycles. The summed E-state index contributed by atoms with van der Waals surface area (Å²) in [5, 5.41) is 8.87. The lowest BCUT2D eigenvalue weighted by Crippen LogP contribution is -2.08. The van der Waals surface area contributed by atoms with Crippen molar-refractivity contribution in [3.8, 4) is 12.3 Å². The van der Waals surface area contributed by atoms with Gasteiger partial charge in [0.1, 0.15) is 18.5 Å². The Morgan fingerprint density at radius 2 is 2.58 bits per heavy atom. The molecule has 0 aromatic carbocycles. The molecule has 1 aromatic rings. The highest BCUT2D eigenvalue weighted by atomic mass is 16.5. The number of aliphatic hydroxyl groups excluding tert-OH is 1. The molecule has 0 fully saturated rings. The van der Waals surface area contributed by atoms with Gasteiger partial charge in [0.05, 0.1) is 12.9 Å². The number of rotatable bonds is 4. The van der Waals surface area contributed by atoms with E-state index < -0.39 is 6.10 Å². The van der Waals surface area contributed by atoms with Crippen molar-refractivity contribution in [1.82, 2.24) is 0 Å². The first-order valence-electron chi connectivity index (χ1n) is 3.57. The Kier molecular flexibility index (Phi) is 3.39. The standard InChI is InChI=1S/C9H10O3/c1-2-5-11-9(7-10)8-4-3-6-12-8/h1,3-4,6,9-10H,5,7H2. The van der Waals surface area contributed by atoms with E-state index in [1.54, 1.807) is 12.1 Å². The first-order valence-corrected chi connectivity index (χ1v) is 3.57. The molecule has 1 atom stereocenters. The molecular formula is C9H10O3. The van der Waals surface area contributed by atoms with E-state index in [2.05, 4.69) is 5.92 Å². The zero-order valence-electron chi connectivity index (χ0n) is 6.56. The van der Waals surface area contributed by atoms with Gasteiger partial charge in [0.25, 0.3) is 0 Å². The molecule has 1 N–H and O–H groups in total. The van der Waals surface area contributed by atoms with Crippen molar-refractivity contribution in [3.05, 3.63) is 24.2 Å². The van der Waals surface area contributed by atoms with Gasteiger partial charge in [-0.25, -0.2) is 0 Å². The maximum atomic E-state index is 8.87. The molecule has 12 heavy (non-hydrogen) atoms. The van der Waals surface area contributed by atoms with E-state index in [0.29, 0.717) is 5.76 Å². The Morgan fingerprint density at radius 1 is 1.75 bits per heavy atom. The van der Waals surface area contributed by atoms with Gasteiger partial charge in [-0.15, -0.1) is 6.42 Å². The van der Waals surface area contributed by atoms with Crippen LogP contribution in [0, 0.1) is 12.3 Å². The summed E-state index contributed by atoms with van der Waals surface area (Å²) in [6.07, 6.45) is 6.07. The van der Waals surface area contributed by atoms with E-state index in [1.165, 1.54) is 6.26 Å². The lowest BCUT2D eigenvalue weighted by atomic mass is 10.3. The molecule has 0 bridgehead atoms. The average Bonchev–Trinajstić information content (AvgIpc) is 2.59. The van der Waals surface area contributed by atoms with Gasteiger partial charge in [-0.2, -0.15) is 0 Å². The molecule has 0 saturated heterocycles.